The van der Waals surface area contributed by atoms with Gasteiger partial charge in [-0.05, 0) is 58.4 Å². The van der Waals surface area contributed by atoms with Crippen LogP contribution in [0.15, 0.2) is 18.2 Å². The Labute approximate surface area is 121 Å². The molecule has 0 unspecified atom stereocenters. The van der Waals surface area contributed by atoms with E-state index in [0.29, 0.717) is 19.6 Å². The number of amides is 1. The molecule has 0 aliphatic carbocycles. The molecule has 0 atom stereocenters. The first-order chi connectivity index (χ1) is 9.31. The summed E-state index contributed by atoms with van der Waals surface area (Å²) in [5.41, 5.74) is 1.89. The number of hydrogen-bond acceptors (Lipinski definition) is 3. The SMILES string of the molecule is CCOc1ccc(NC(=O)CCNC(C)(C)C)c(C)c1. The Bertz CT molecular complexity index is 450. The molecule has 0 heterocycles. The summed E-state index contributed by atoms with van der Waals surface area (Å²) in [6, 6.07) is 5.70. The highest BCUT2D eigenvalue weighted by molar-refractivity contribution is 5.91. The Morgan fingerprint density at radius 2 is 2.00 bits per heavy atom. The topological polar surface area (TPSA) is 50.4 Å². The van der Waals surface area contributed by atoms with E-state index in [1.165, 1.54) is 0 Å². The second-order valence-corrected chi connectivity index (χ2v) is 5.88. The van der Waals surface area contributed by atoms with Crippen molar-refractivity contribution < 1.29 is 9.53 Å². The van der Waals surface area contributed by atoms with Crippen molar-refractivity contribution in [3.05, 3.63) is 23.8 Å². The first-order valence-electron chi connectivity index (χ1n) is 7.10. The van der Waals surface area contributed by atoms with Crippen molar-refractivity contribution in [3.63, 3.8) is 0 Å². The summed E-state index contributed by atoms with van der Waals surface area (Å²) in [6.45, 7) is 11.5. The van der Waals surface area contributed by atoms with Gasteiger partial charge in [-0.2, -0.15) is 0 Å². The molecule has 0 radical (unpaired) electrons. The molecule has 0 saturated heterocycles. The second kappa shape index (κ2) is 7.29. The molecule has 0 aromatic heterocycles. The molecular formula is C16H26N2O2. The van der Waals surface area contributed by atoms with E-state index in [1.54, 1.807) is 0 Å². The number of carbonyl (C=O) groups excluding carboxylic acids is 1. The van der Waals surface area contributed by atoms with Gasteiger partial charge in [-0.25, -0.2) is 0 Å². The van der Waals surface area contributed by atoms with Crippen LogP contribution in [0.3, 0.4) is 0 Å². The van der Waals surface area contributed by atoms with E-state index in [0.717, 1.165) is 17.0 Å². The van der Waals surface area contributed by atoms with Gasteiger partial charge in [-0.1, -0.05) is 0 Å². The standard InChI is InChI=1S/C16H26N2O2/c1-6-20-13-7-8-14(12(2)11-13)18-15(19)9-10-17-16(3,4)5/h7-8,11,17H,6,9-10H2,1-5H3,(H,18,19). The summed E-state index contributed by atoms with van der Waals surface area (Å²) in [6.07, 6.45) is 0.462. The third-order valence-corrected chi connectivity index (χ3v) is 2.79. The van der Waals surface area contributed by atoms with Crippen LogP contribution in [0.25, 0.3) is 0 Å². The van der Waals surface area contributed by atoms with Gasteiger partial charge < -0.3 is 15.4 Å². The number of carbonyl (C=O) groups is 1. The summed E-state index contributed by atoms with van der Waals surface area (Å²) < 4.78 is 5.43. The van der Waals surface area contributed by atoms with E-state index in [1.807, 2.05) is 32.0 Å². The van der Waals surface area contributed by atoms with Gasteiger partial charge in [0.05, 0.1) is 6.61 Å². The maximum atomic E-state index is 11.9. The van der Waals surface area contributed by atoms with Gasteiger partial charge in [0.25, 0.3) is 0 Å². The van der Waals surface area contributed by atoms with Crippen LogP contribution in [0.5, 0.6) is 5.75 Å². The van der Waals surface area contributed by atoms with Gasteiger partial charge in [0.2, 0.25) is 5.91 Å². The van der Waals surface area contributed by atoms with Crippen LogP contribution in [0.4, 0.5) is 5.69 Å². The highest BCUT2D eigenvalue weighted by atomic mass is 16.5. The highest BCUT2D eigenvalue weighted by Crippen LogP contribution is 2.21. The van der Waals surface area contributed by atoms with Crippen LogP contribution >= 0.6 is 0 Å². The number of ether oxygens (including phenoxy) is 1. The van der Waals surface area contributed by atoms with E-state index in [4.69, 9.17) is 4.74 Å². The molecule has 4 nitrogen and oxygen atoms in total. The van der Waals surface area contributed by atoms with E-state index < -0.39 is 0 Å². The lowest BCUT2D eigenvalue weighted by Crippen LogP contribution is -2.37. The average molecular weight is 278 g/mol. The van der Waals surface area contributed by atoms with Gasteiger partial charge in [-0.3, -0.25) is 4.79 Å². The van der Waals surface area contributed by atoms with Crippen molar-refractivity contribution in [2.24, 2.45) is 0 Å². The van der Waals surface area contributed by atoms with Crippen molar-refractivity contribution in [3.8, 4) is 5.75 Å². The normalized spacial score (nSPS) is 11.2. The van der Waals surface area contributed by atoms with Crippen molar-refractivity contribution >= 4 is 11.6 Å². The summed E-state index contributed by atoms with van der Waals surface area (Å²) in [5, 5.41) is 6.23. The fourth-order valence-corrected chi connectivity index (χ4v) is 1.80. The summed E-state index contributed by atoms with van der Waals surface area (Å²) in [4.78, 5) is 11.9. The first kappa shape index (κ1) is 16.5. The van der Waals surface area contributed by atoms with Crippen molar-refractivity contribution in [1.82, 2.24) is 5.32 Å². The zero-order chi connectivity index (χ0) is 15.2. The molecule has 0 bridgehead atoms. The Morgan fingerprint density at radius 1 is 1.30 bits per heavy atom. The molecule has 0 spiro atoms. The number of hydrogen-bond donors (Lipinski definition) is 2. The first-order valence-corrected chi connectivity index (χ1v) is 7.10. The smallest absolute Gasteiger partial charge is 0.225 e. The van der Waals surface area contributed by atoms with Gasteiger partial charge >= 0.3 is 0 Å². The maximum absolute atomic E-state index is 11.9. The maximum Gasteiger partial charge on any atom is 0.225 e. The summed E-state index contributed by atoms with van der Waals surface area (Å²) >= 11 is 0. The molecule has 1 amide bonds. The van der Waals surface area contributed by atoms with E-state index in [2.05, 4.69) is 31.4 Å². The highest BCUT2D eigenvalue weighted by Gasteiger charge is 2.10. The number of benzene rings is 1. The molecule has 4 heteroatoms. The Hall–Kier alpha value is -1.55. The Balaban J connectivity index is 2.49. The number of rotatable bonds is 6. The molecule has 2 N–H and O–H groups in total. The predicted octanol–water partition coefficient (Wildman–Crippen LogP) is 3.11. The van der Waals surface area contributed by atoms with Gasteiger partial charge in [-0.15, -0.1) is 0 Å². The number of anilines is 1. The fraction of sp³-hybridized carbons (Fsp3) is 0.562. The second-order valence-electron chi connectivity index (χ2n) is 5.88. The minimum Gasteiger partial charge on any atom is -0.494 e. The zero-order valence-electron chi connectivity index (χ0n) is 13.2. The molecule has 0 saturated carbocycles. The van der Waals surface area contributed by atoms with Crippen molar-refractivity contribution in [1.29, 1.82) is 0 Å². The van der Waals surface area contributed by atoms with Crippen LogP contribution in [0.2, 0.25) is 0 Å². The quantitative estimate of drug-likeness (QED) is 0.840. The summed E-state index contributed by atoms with van der Waals surface area (Å²) in [7, 11) is 0. The van der Waals surface area contributed by atoms with Crippen LogP contribution in [0.1, 0.15) is 39.7 Å². The molecule has 1 rings (SSSR count). The van der Waals surface area contributed by atoms with E-state index >= 15 is 0 Å². The third-order valence-electron chi connectivity index (χ3n) is 2.79. The van der Waals surface area contributed by atoms with Crippen molar-refractivity contribution in [2.75, 3.05) is 18.5 Å². The Morgan fingerprint density at radius 3 is 2.55 bits per heavy atom. The van der Waals surface area contributed by atoms with E-state index in [-0.39, 0.29) is 11.4 Å². The van der Waals surface area contributed by atoms with Crippen molar-refractivity contribution in [2.45, 2.75) is 46.6 Å². The zero-order valence-corrected chi connectivity index (χ0v) is 13.2. The molecular weight excluding hydrogens is 252 g/mol. The molecule has 0 fully saturated rings. The molecule has 112 valence electrons. The van der Waals surface area contributed by atoms with Crippen LogP contribution < -0.4 is 15.4 Å². The lowest BCUT2D eigenvalue weighted by Gasteiger charge is -2.20. The lowest BCUT2D eigenvalue weighted by molar-refractivity contribution is -0.116. The van der Waals surface area contributed by atoms with E-state index in [9.17, 15) is 4.79 Å². The lowest BCUT2D eigenvalue weighted by atomic mass is 10.1. The van der Waals surface area contributed by atoms with Gasteiger partial charge in [0.15, 0.2) is 0 Å². The van der Waals surface area contributed by atoms with Crippen LogP contribution in [-0.4, -0.2) is 24.6 Å². The largest absolute Gasteiger partial charge is 0.494 e. The number of nitrogens with one attached hydrogen (secondary N) is 2. The molecule has 0 aliphatic heterocycles. The predicted molar refractivity (Wildman–Crippen MR) is 83.4 cm³/mol. The third kappa shape index (κ3) is 6.06. The van der Waals surface area contributed by atoms with Gasteiger partial charge in [0, 0.05) is 24.2 Å². The summed E-state index contributed by atoms with van der Waals surface area (Å²) in [5.74, 6) is 0.853. The average Bonchev–Trinajstić information content (AvgIpc) is 2.31. The fourth-order valence-electron chi connectivity index (χ4n) is 1.80. The number of aryl methyl sites for hydroxylation is 1. The minimum absolute atomic E-state index is 0.0222. The molecule has 1 aromatic rings. The molecule has 0 aliphatic rings. The Kier molecular flexibility index (Phi) is 6.02. The minimum atomic E-state index is 0.0222. The molecule has 1 aromatic carbocycles. The molecule has 20 heavy (non-hydrogen) atoms. The van der Waals surface area contributed by atoms with Crippen LogP contribution in [-0.2, 0) is 4.79 Å². The van der Waals surface area contributed by atoms with Crippen LogP contribution in [0, 0.1) is 6.92 Å². The van der Waals surface area contributed by atoms with Gasteiger partial charge in [0.1, 0.15) is 5.75 Å². The monoisotopic (exact) mass is 278 g/mol.